The minimum absolute atomic E-state index is 0. The molecule has 198 valence electrons. The maximum Gasteiger partial charge on any atom is 0.187 e. The van der Waals surface area contributed by atoms with Gasteiger partial charge in [0, 0.05) is 43.8 Å². The Labute approximate surface area is 253 Å². The second kappa shape index (κ2) is 9.30. The molecule has 0 radical (unpaired) electrons. The average molecular weight is 579 g/mol. The first-order chi connectivity index (χ1) is 20.2. The molecule has 2 aliphatic heterocycles. The molecule has 5 heterocycles. The number of aromatic amines is 2. The van der Waals surface area contributed by atoms with Gasteiger partial charge in [-0.3, -0.25) is 0 Å². The molecule has 8 nitrogen and oxygen atoms in total. The summed E-state index contributed by atoms with van der Waals surface area (Å²) in [6.07, 6.45) is 0. The fourth-order valence-corrected chi connectivity index (χ4v) is 5.91. The monoisotopic (exact) mass is 578 g/mol. The van der Waals surface area contributed by atoms with E-state index in [2.05, 4.69) is 9.97 Å². The first-order valence-corrected chi connectivity index (χ1v) is 13.5. The number of nitrogens with one attached hydrogen (secondary N) is 2. The Hall–Kier alpha value is -4.94. The van der Waals surface area contributed by atoms with E-state index in [0.29, 0.717) is 50.9 Å². The van der Waals surface area contributed by atoms with Gasteiger partial charge in [0.1, 0.15) is 22.6 Å². The lowest BCUT2D eigenvalue weighted by molar-refractivity contribution is 1.19. The third kappa shape index (κ3) is 3.62. The quantitative estimate of drug-likeness (QED) is 0.203. The van der Waals surface area contributed by atoms with Gasteiger partial charge in [-0.05, 0) is 6.07 Å². The molecule has 7 aromatic rings. The number of nitrogens with zero attached hydrogens (tertiary/aromatic N) is 6. The minimum Gasteiger partial charge on any atom is -0.324 e. The predicted molar refractivity (Wildman–Crippen MR) is 171 cm³/mol. The second-order valence-electron chi connectivity index (χ2n) is 9.91. The summed E-state index contributed by atoms with van der Waals surface area (Å²) in [4.78, 5) is 36.6. The molecule has 4 aromatic carbocycles. The number of rotatable bonds is 0. The van der Waals surface area contributed by atoms with Crippen molar-refractivity contribution in [3.8, 4) is 45.6 Å². The Morgan fingerprint density at radius 1 is 0.405 bits per heavy atom. The number of aromatic nitrogens is 8. The van der Waals surface area contributed by atoms with Gasteiger partial charge < -0.3 is 9.97 Å². The zero-order valence-corrected chi connectivity index (χ0v) is 22.0. The van der Waals surface area contributed by atoms with Crippen LogP contribution in [-0.4, -0.2) is 57.2 Å². The van der Waals surface area contributed by atoms with Gasteiger partial charge in [0.05, 0.1) is 5.02 Å². The van der Waals surface area contributed by atoms with Crippen molar-refractivity contribution < 1.29 is 0 Å². The molecule has 42 heavy (non-hydrogen) atoms. The number of benzene rings is 4. The van der Waals surface area contributed by atoms with E-state index in [1.165, 1.54) is 0 Å². The topological polar surface area (TPSA) is 109 Å². The van der Waals surface area contributed by atoms with E-state index >= 15 is 0 Å². The van der Waals surface area contributed by atoms with Gasteiger partial charge in [-0.2, -0.15) is 0 Å². The highest BCUT2D eigenvalue weighted by molar-refractivity contribution is 6.37. The molecule has 0 fully saturated rings. The zero-order chi connectivity index (χ0) is 27.1. The van der Waals surface area contributed by atoms with Gasteiger partial charge in [0.2, 0.25) is 0 Å². The zero-order valence-electron chi connectivity index (χ0n) is 21.2. The number of halogens is 1. The molecule has 0 unspecified atom stereocenters. The number of H-pyrrole nitrogens is 2. The van der Waals surface area contributed by atoms with Crippen LogP contribution in [0.3, 0.4) is 0 Å². The van der Waals surface area contributed by atoms with Crippen LogP contribution in [0.5, 0.6) is 0 Å². The van der Waals surface area contributed by atoms with Crippen molar-refractivity contribution >= 4 is 73.1 Å². The number of hydrogen-bond donors (Lipinski definition) is 2. The number of hydrogen-bond acceptors (Lipinski definition) is 6. The molecule has 2 N–H and O–H groups in total. The summed E-state index contributed by atoms with van der Waals surface area (Å²) >= 11 is 6.73. The van der Waals surface area contributed by atoms with Crippen molar-refractivity contribution in [2.75, 3.05) is 0 Å². The SMILES string of the molecule is Clc1cccc2c3nc4nc(nc5[nH]c(nc6nc(nc([nH]3)c12)-c1ccccc1-6)c1ccccc51)-c1ccccc1-4.[AlH3]. The maximum absolute atomic E-state index is 6.73. The van der Waals surface area contributed by atoms with Crippen LogP contribution >= 0.6 is 11.6 Å². The third-order valence-electron chi connectivity index (χ3n) is 7.53. The summed E-state index contributed by atoms with van der Waals surface area (Å²) in [7, 11) is 0. The normalized spacial score (nSPS) is 11.7. The van der Waals surface area contributed by atoms with E-state index in [1.807, 2.05) is 91.0 Å². The van der Waals surface area contributed by atoms with Crippen molar-refractivity contribution in [3.05, 3.63) is 96.0 Å². The lowest BCUT2D eigenvalue weighted by atomic mass is 10.1. The van der Waals surface area contributed by atoms with Crippen molar-refractivity contribution in [1.29, 1.82) is 0 Å². The molecule has 8 bridgehead atoms. The average Bonchev–Trinajstić information content (AvgIpc) is 3.73. The Bertz CT molecular complexity index is 2410. The summed E-state index contributed by atoms with van der Waals surface area (Å²) in [5.74, 6) is 2.24. The van der Waals surface area contributed by atoms with Crippen LogP contribution in [0.15, 0.2) is 91.0 Å². The lowest BCUT2D eigenvalue weighted by Crippen LogP contribution is -1.83. The Morgan fingerprint density at radius 3 is 1.29 bits per heavy atom. The summed E-state index contributed by atoms with van der Waals surface area (Å²) in [5.41, 5.74) is 6.09. The summed E-state index contributed by atoms with van der Waals surface area (Å²) in [5, 5.41) is 4.05. The van der Waals surface area contributed by atoms with E-state index in [-0.39, 0.29) is 17.4 Å². The fraction of sp³-hybridized carbons (Fsp3) is 0. The number of fused-ring (bicyclic) bond motifs is 20. The van der Waals surface area contributed by atoms with E-state index in [4.69, 9.17) is 41.5 Å². The van der Waals surface area contributed by atoms with Crippen molar-refractivity contribution in [2.24, 2.45) is 0 Å². The molecule has 0 saturated carbocycles. The first kappa shape index (κ1) is 24.8. The molecular weight excluding hydrogens is 559 g/mol. The molecule has 0 aliphatic carbocycles. The molecule has 3 aromatic heterocycles. The van der Waals surface area contributed by atoms with Crippen LogP contribution in [0.2, 0.25) is 5.02 Å². The Kier molecular flexibility index (Phi) is 5.49. The minimum atomic E-state index is 0. The molecule has 0 amide bonds. The Morgan fingerprint density at radius 2 is 0.786 bits per heavy atom. The van der Waals surface area contributed by atoms with E-state index in [1.54, 1.807) is 0 Å². The van der Waals surface area contributed by atoms with Gasteiger partial charge in [-0.1, -0.05) is 96.5 Å². The van der Waals surface area contributed by atoms with E-state index in [9.17, 15) is 0 Å². The van der Waals surface area contributed by atoms with Crippen LogP contribution in [-0.2, 0) is 0 Å². The van der Waals surface area contributed by atoms with Crippen molar-refractivity contribution in [1.82, 2.24) is 39.9 Å². The summed E-state index contributed by atoms with van der Waals surface area (Å²) < 4.78 is 0. The van der Waals surface area contributed by atoms with Crippen molar-refractivity contribution in [2.45, 2.75) is 0 Å². The van der Waals surface area contributed by atoms with E-state index < -0.39 is 0 Å². The first-order valence-electron chi connectivity index (χ1n) is 13.1. The highest BCUT2D eigenvalue weighted by Gasteiger charge is 2.22. The molecular formula is C32H20AlClN8. The molecule has 0 saturated heterocycles. The Balaban J connectivity index is 0.00000267. The lowest BCUT2D eigenvalue weighted by Gasteiger charge is -1.96. The smallest absolute Gasteiger partial charge is 0.187 e. The van der Waals surface area contributed by atoms with Crippen molar-refractivity contribution in [3.63, 3.8) is 0 Å². The molecule has 2 aliphatic rings. The van der Waals surface area contributed by atoms with Gasteiger partial charge in [-0.25, -0.2) is 29.9 Å². The highest BCUT2D eigenvalue weighted by atomic mass is 35.5. The largest absolute Gasteiger partial charge is 0.324 e. The van der Waals surface area contributed by atoms with Gasteiger partial charge in [0.25, 0.3) is 0 Å². The highest BCUT2D eigenvalue weighted by Crippen LogP contribution is 2.37. The maximum atomic E-state index is 6.73. The van der Waals surface area contributed by atoms with Crippen LogP contribution < -0.4 is 0 Å². The van der Waals surface area contributed by atoms with Crippen LogP contribution in [0, 0.1) is 0 Å². The van der Waals surface area contributed by atoms with Crippen LogP contribution in [0.25, 0.3) is 89.7 Å². The standard InChI is InChI=1S/C32H17ClN8.Al.3H/c33-23-15-7-14-22-24(23)32-40-30-21-13-6-5-12-20(21)28(38-30)36-26-17-9-2-1-8-16(17)25(34-26)35-27-18-10-3-4-11-19(18)29(37-27)39-31(22)41-32;;;;/h1-15H,(H2,34,35,36,37,38,39,40,41);;;;. The molecule has 0 atom stereocenters. The summed E-state index contributed by atoms with van der Waals surface area (Å²) in [6.45, 7) is 0. The molecule has 0 spiro atoms. The fourth-order valence-electron chi connectivity index (χ4n) is 5.65. The van der Waals surface area contributed by atoms with Gasteiger partial charge >= 0.3 is 0 Å². The molecule has 9 rings (SSSR count). The van der Waals surface area contributed by atoms with Gasteiger partial charge in [-0.15, -0.1) is 0 Å². The predicted octanol–water partition coefficient (Wildman–Crippen LogP) is 6.34. The van der Waals surface area contributed by atoms with Crippen LogP contribution in [0.1, 0.15) is 0 Å². The van der Waals surface area contributed by atoms with Crippen LogP contribution in [0.4, 0.5) is 0 Å². The van der Waals surface area contributed by atoms with E-state index in [0.717, 1.165) is 43.8 Å². The second-order valence-corrected chi connectivity index (χ2v) is 10.3. The van der Waals surface area contributed by atoms with Gasteiger partial charge in [0.15, 0.2) is 40.7 Å². The third-order valence-corrected chi connectivity index (χ3v) is 7.84. The molecule has 10 heteroatoms. The summed E-state index contributed by atoms with van der Waals surface area (Å²) in [6, 6.07) is 29.7.